The minimum Gasteiger partial charge on any atom is -0.497 e. The van der Waals surface area contributed by atoms with E-state index in [1.165, 1.54) is 23.3 Å². The molecule has 1 aromatic carbocycles. The van der Waals surface area contributed by atoms with Gasteiger partial charge >= 0.3 is 5.97 Å². The number of carbonyl (C=O) groups excluding carboxylic acids is 1. The zero-order valence-electron chi connectivity index (χ0n) is 17.5. The van der Waals surface area contributed by atoms with Gasteiger partial charge in [-0.2, -0.15) is 0 Å². The molecule has 2 aromatic rings. The molecule has 0 spiro atoms. The van der Waals surface area contributed by atoms with E-state index in [1.807, 2.05) is 12.1 Å². The van der Waals surface area contributed by atoms with Gasteiger partial charge in [-0.25, -0.2) is 4.79 Å². The van der Waals surface area contributed by atoms with E-state index in [9.17, 15) is 4.79 Å². The third-order valence-corrected chi connectivity index (χ3v) is 5.50. The molecule has 3 rings (SSSR count). The van der Waals surface area contributed by atoms with Gasteiger partial charge in [0.05, 0.1) is 33.1 Å². The van der Waals surface area contributed by atoms with E-state index in [-0.39, 0.29) is 5.97 Å². The zero-order chi connectivity index (χ0) is 20.5. The van der Waals surface area contributed by atoms with E-state index in [0.29, 0.717) is 6.54 Å². The number of carbonyl (C=O) groups is 1. The lowest BCUT2D eigenvalue weighted by atomic mass is 10.2. The van der Waals surface area contributed by atoms with Crippen LogP contribution in [0.4, 0.5) is 0 Å². The SMILES string of the molecule is COC(=O)C[NH+](CC[NH+]1CCOCC1)Cc1cccn1Cc1cccc(OC)c1. The Balaban J connectivity index is 1.64. The van der Waals surface area contributed by atoms with Gasteiger partial charge in [0.15, 0.2) is 6.54 Å². The summed E-state index contributed by atoms with van der Waals surface area (Å²) in [6.07, 6.45) is 2.10. The third-order valence-electron chi connectivity index (χ3n) is 5.50. The molecule has 1 aliphatic rings. The molecule has 1 aliphatic heterocycles. The molecule has 1 atom stereocenters. The van der Waals surface area contributed by atoms with Crippen LogP contribution in [0.1, 0.15) is 11.3 Å². The van der Waals surface area contributed by atoms with Crippen molar-refractivity contribution in [1.82, 2.24) is 4.57 Å². The maximum atomic E-state index is 12.0. The van der Waals surface area contributed by atoms with Crippen LogP contribution in [-0.4, -0.2) is 70.7 Å². The number of methoxy groups -OCH3 is 2. The van der Waals surface area contributed by atoms with E-state index < -0.39 is 0 Å². The average molecular weight is 404 g/mol. The summed E-state index contributed by atoms with van der Waals surface area (Å²) in [6.45, 7) is 7.63. The van der Waals surface area contributed by atoms with Crippen molar-refractivity contribution in [2.75, 3.05) is 60.2 Å². The molecule has 29 heavy (non-hydrogen) atoms. The Labute approximate surface area is 172 Å². The number of nitrogens with zero attached hydrogens (tertiary/aromatic N) is 1. The van der Waals surface area contributed by atoms with Crippen LogP contribution >= 0.6 is 0 Å². The number of hydrogen-bond acceptors (Lipinski definition) is 4. The number of aromatic nitrogens is 1. The summed E-state index contributed by atoms with van der Waals surface area (Å²) in [7, 11) is 3.14. The van der Waals surface area contributed by atoms with Crippen molar-refractivity contribution >= 4 is 5.97 Å². The molecule has 1 unspecified atom stereocenters. The standard InChI is InChI=1S/C22H31N3O4/c1-27-21-7-3-5-19(15-21)16-25-8-4-6-20(25)17-24(18-22(26)28-2)10-9-23-11-13-29-14-12-23/h3-8,15H,9-14,16-18H2,1-2H3/p+2. The van der Waals surface area contributed by atoms with Crippen LogP contribution in [0.15, 0.2) is 42.6 Å². The Morgan fingerprint density at radius 1 is 1.21 bits per heavy atom. The number of hydrogen-bond donors (Lipinski definition) is 2. The highest BCUT2D eigenvalue weighted by Crippen LogP contribution is 2.14. The maximum absolute atomic E-state index is 12.0. The van der Waals surface area contributed by atoms with Crippen molar-refractivity contribution in [3.63, 3.8) is 0 Å². The molecule has 7 heteroatoms. The second-order valence-corrected chi connectivity index (χ2v) is 7.52. The molecule has 2 heterocycles. The van der Waals surface area contributed by atoms with E-state index >= 15 is 0 Å². The lowest BCUT2D eigenvalue weighted by Crippen LogP contribution is -3.21. The average Bonchev–Trinajstić information content (AvgIpc) is 3.19. The number of rotatable bonds is 10. The van der Waals surface area contributed by atoms with Crippen molar-refractivity contribution in [3.05, 3.63) is 53.9 Å². The largest absolute Gasteiger partial charge is 0.497 e. The van der Waals surface area contributed by atoms with Gasteiger partial charge in [-0.3, -0.25) is 0 Å². The molecule has 7 nitrogen and oxygen atoms in total. The quantitative estimate of drug-likeness (QED) is 0.501. The third kappa shape index (κ3) is 6.59. The molecule has 1 aromatic heterocycles. The molecule has 0 amide bonds. The number of esters is 1. The lowest BCUT2D eigenvalue weighted by molar-refractivity contribution is -0.964. The molecule has 158 valence electrons. The second-order valence-electron chi connectivity index (χ2n) is 7.52. The van der Waals surface area contributed by atoms with Gasteiger partial charge in [-0.05, 0) is 29.8 Å². The van der Waals surface area contributed by atoms with Gasteiger partial charge in [0.25, 0.3) is 0 Å². The highest BCUT2D eigenvalue weighted by atomic mass is 16.5. The Bertz CT molecular complexity index is 771. The predicted molar refractivity (Wildman–Crippen MR) is 109 cm³/mol. The van der Waals surface area contributed by atoms with Crippen LogP contribution in [0.25, 0.3) is 0 Å². The van der Waals surface area contributed by atoms with Crippen LogP contribution in [0.2, 0.25) is 0 Å². The van der Waals surface area contributed by atoms with Crippen molar-refractivity contribution in [1.29, 1.82) is 0 Å². The summed E-state index contributed by atoms with van der Waals surface area (Å²) >= 11 is 0. The fraction of sp³-hybridized carbons (Fsp3) is 0.500. The Kier molecular flexibility index (Phi) is 8.10. The molecular formula is C22H33N3O4+2. The first kappa shape index (κ1) is 21.4. The summed E-state index contributed by atoms with van der Waals surface area (Å²) in [5.74, 6) is 0.700. The summed E-state index contributed by atoms with van der Waals surface area (Å²) in [4.78, 5) is 14.7. The topological polar surface area (TPSA) is 58.6 Å². The van der Waals surface area contributed by atoms with E-state index in [0.717, 1.165) is 58.2 Å². The Hall–Kier alpha value is -2.35. The minimum absolute atomic E-state index is 0.164. The maximum Gasteiger partial charge on any atom is 0.361 e. The normalized spacial score (nSPS) is 15.8. The minimum atomic E-state index is -0.164. The van der Waals surface area contributed by atoms with Crippen LogP contribution in [0.3, 0.4) is 0 Å². The number of ether oxygens (including phenoxy) is 3. The smallest absolute Gasteiger partial charge is 0.361 e. The predicted octanol–water partition coefficient (Wildman–Crippen LogP) is -0.982. The Morgan fingerprint density at radius 3 is 2.79 bits per heavy atom. The Morgan fingerprint density at radius 2 is 2.03 bits per heavy atom. The van der Waals surface area contributed by atoms with Crippen molar-refractivity contribution in [2.24, 2.45) is 0 Å². The summed E-state index contributed by atoms with van der Waals surface area (Å²) < 4.78 is 18.0. The number of benzene rings is 1. The van der Waals surface area contributed by atoms with Crippen LogP contribution in [0.5, 0.6) is 5.75 Å². The van der Waals surface area contributed by atoms with Gasteiger partial charge in [0.2, 0.25) is 0 Å². The first-order chi connectivity index (χ1) is 14.2. The van der Waals surface area contributed by atoms with Crippen LogP contribution in [0, 0.1) is 0 Å². The summed E-state index contributed by atoms with van der Waals surface area (Å²) in [5, 5.41) is 0. The highest BCUT2D eigenvalue weighted by Gasteiger charge is 2.21. The van der Waals surface area contributed by atoms with Crippen molar-refractivity contribution in [2.45, 2.75) is 13.1 Å². The number of quaternary nitrogens is 2. The lowest BCUT2D eigenvalue weighted by Gasteiger charge is -2.26. The zero-order valence-corrected chi connectivity index (χ0v) is 17.5. The monoisotopic (exact) mass is 403 g/mol. The van der Waals surface area contributed by atoms with E-state index in [4.69, 9.17) is 14.2 Å². The summed E-state index contributed by atoms with van der Waals surface area (Å²) in [6, 6.07) is 12.3. The van der Waals surface area contributed by atoms with Gasteiger partial charge in [0, 0.05) is 12.7 Å². The van der Waals surface area contributed by atoms with Crippen LogP contribution in [-0.2, 0) is 27.4 Å². The molecule has 1 saturated heterocycles. The van der Waals surface area contributed by atoms with Gasteiger partial charge in [-0.1, -0.05) is 12.1 Å². The first-order valence-corrected chi connectivity index (χ1v) is 10.3. The molecule has 0 saturated carbocycles. The number of morpholine rings is 1. The van der Waals surface area contributed by atoms with E-state index in [1.54, 1.807) is 12.0 Å². The van der Waals surface area contributed by atoms with Crippen LogP contribution < -0.4 is 14.5 Å². The van der Waals surface area contributed by atoms with E-state index in [2.05, 4.69) is 35.0 Å². The molecule has 2 N–H and O–H groups in total. The first-order valence-electron chi connectivity index (χ1n) is 10.3. The molecule has 0 bridgehead atoms. The van der Waals surface area contributed by atoms with Gasteiger partial charge in [-0.15, -0.1) is 0 Å². The molecular weight excluding hydrogens is 370 g/mol. The fourth-order valence-corrected chi connectivity index (χ4v) is 3.77. The number of nitrogens with one attached hydrogen (secondary N) is 2. The van der Waals surface area contributed by atoms with Gasteiger partial charge < -0.3 is 28.6 Å². The summed E-state index contributed by atoms with van der Waals surface area (Å²) in [5.41, 5.74) is 2.40. The second kappa shape index (κ2) is 11.0. The van der Waals surface area contributed by atoms with Crippen molar-refractivity contribution in [3.8, 4) is 5.75 Å². The molecule has 1 fully saturated rings. The molecule has 0 radical (unpaired) electrons. The molecule has 0 aliphatic carbocycles. The van der Waals surface area contributed by atoms with Gasteiger partial charge in [0.1, 0.15) is 38.5 Å². The fourth-order valence-electron chi connectivity index (χ4n) is 3.77. The highest BCUT2D eigenvalue weighted by molar-refractivity contribution is 5.70. The van der Waals surface area contributed by atoms with Crippen molar-refractivity contribution < 1.29 is 28.8 Å².